The van der Waals surface area contributed by atoms with E-state index in [2.05, 4.69) is 236 Å². The van der Waals surface area contributed by atoms with Crippen molar-refractivity contribution in [1.82, 2.24) is 0 Å². The van der Waals surface area contributed by atoms with E-state index >= 15 is 0 Å². The van der Waals surface area contributed by atoms with Crippen LogP contribution in [0.25, 0.3) is 66.1 Å². The lowest BCUT2D eigenvalue weighted by Crippen LogP contribution is -2.27. The van der Waals surface area contributed by atoms with Crippen molar-refractivity contribution < 1.29 is 4.42 Å². The first-order valence-corrected chi connectivity index (χ1v) is 23.7. The molecule has 0 amide bonds. The molecule has 0 saturated carbocycles. The molecule has 0 atom stereocenters. The molecule has 0 unspecified atom stereocenters. The molecular formula is C64H53NO. The topological polar surface area (TPSA) is 16.4 Å². The van der Waals surface area contributed by atoms with Crippen LogP contribution >= 0.6 is 0 Å². The second-order valence-electron chi connectivity index (χ2n) is 21.7. The molecule has 1 spiro atoms. The summed E-state index contributed by atoms with van der Waals surface area (Å²) in [5.74, 6) is 0. The number of para-hydroxylation sites is 1. The maximum absolute atomic E-state index is 7.12. The molecule has 1 heterocycles. The first-order valence-electron chi connectivity index (χ1n) is 23.7. The maximum Gasteiger partial charge on any atom is 0.159 e. The van der Waals surface area contributed by atoms with E-state index in [1.165, 1.54) is 88.7 Å². The van der Waals surface area contributed by atoms with E-state index in [1.807, 2.05) is 0 Å². The summed E-state index contributed by atoms with van der Waals surface area (Å²) in [7, 11) is 0. The van der Waals surface area contributed by atoms with Crippen molar-refractivity contribution in [1.29, 1.82) is 0 Å². The van der Waals surface area contributed by atoms with Gasteiger partial charge in [0.25, 0.3) is 0 Å². The normalized spacial score (nSPS) is 14.9. The first-order chi connectivity index (χ1) is 31.8. The fraction of sp³-hybridized carbons (Fsp3) is 0.188. The summed E-state index contributed by atoms with van der Waals surface area (Å²) in [6.45, 7) is 18.8. The summed E-state index contributed by atoms with van der Waals surface area (Å²) in [5.41, 5.74) is 22.9. The standard InChI is InChI=1S/C64H53NO/c1-61(2,3)39-28-31-45-46-32-29-40(62(4,5)6)36-54(46)64(53(45)35-39)50-23-14-12-20-47(50)59-51(64)24-16-25-55(59)65(41-30-33-44-43-19-11-13-22-49(43)63(7,8)52(44)37-41)56-26-15-21-48-58-42-18-10-9-17-38(42)27-34-57(58)66-60(48)56/h9-37H,1-8H3. The minimum absolute atomic E-state index is 0.0290. The second-order valence-corrected chi connectivity index (χ2v) is 21.7. The second kappa shape index (κ2) is 13.2. The monoisotopic (exact) mass is 851 g/mol. The number of hydrogen-bond acceptors (Lipinski definition) is 2. The predicted molar refractivity (Wildman–Crippen MR) is 277 cm³/mol. The summed E-state index contributed by atoms with van der Waals surface area (Å²) >= 11 is 0. The van der Waals surface area contributed by atoms with Crippen molar-refractivity contribution >= 4 is 49.8 Å². The van der Waals surface area contributed by atoms with E-state index in [9.17, 15) is 0 Å². The Hall–Kier alpha value is -7.16. The van der Waals surface area contributed by atoms with Crippen LogP contribution in [0, 0.1) is 0 Å². The lowest BCUT2D eigenvalue weighted by molar-refractivity contribution is 0.586. The fourth-order valence-electron chi connectivity index (χ4n) is 12.3. The van der Waals surface area contributed by atoms with Crippen LogP contribution in [0.2, 0.25) is 0 Å². The van der Waals surface area contributed by atoms with Crippen LogP contribution in [0.1, 0.15) is 99.9 Å². The van der Waals surface area contributed by atoms with Gasteiger partial charge in [0.2, 0.25) is 0 Å². The molecule has 3 aliphatic rings. The highest BCUT2D eigenvalue weighted by Crippen LogP contribution is 2.66. The third-order valence-corrected chi connectivity index (χ3v) is 15.6. The zero-order valence-electron chi connectivity index (χ0n) is 39.1. The Morgan fingerprint density at radius 1 is 0.424 bits per heavy atom. The van der Waals surface area contributed by atoms with Gasteiger partial charge in [0.15, 0.2) is 5.58 Å². The van der Waals surface area contributed by atoms with Gasteiger partial charge in [-0.1, -0.05) is 201 Å². The Balaban J connectivity index is 1.15. The van der Waals surface area contributed by atoms with E-state index in [0.29, 0.717) is 0 Å². The van der Waals surface area contributed by atoms with Gasteiger partial charge in [-0.05, 0) is 124 Å². The molecule has 0 radical (unpaired) electrons. The number of furan rings is 1. The molecule has 1 aromatic heterocycles. The lowest BCUT2D eigenvalue weighted by Gasteiger charge is -2.33. The highest BCUT2D eigenvalue weighted by atomic mass is 16.3. The van der Waals surface area contributed by atoms with Gasteiger partial charge < -0.3 is 9.32 Å². The van der Waals surface area contributed by atoms with Crippen molar-refractivity contribution in [2.24, 2.45) is 0 Å². The van der Waals surface area contributed by atoms with Gasteiger partial charge in [-0.3, -0.25) is 0 Å². The average Bonchev–Trinajstić information content (AvgIpc) is 4.01. The molecule has 2 heteroatoms. The number of rotatable bonds is 3. The average molecular weight is 852 g/mol. The van der Waals surface area contributed by atoms with E-state index in [-0.39, 0.29) is 16.2 Å². The third-order valence-electron chi connectivity index (χ3n) is 15.6. The molecule has 13 rings (SSSR count). The number of anilines is 3. The molecule has 320 valence electrons. The van der Waals surface area contributed by atoms with Gasteiger partial charge in [0, 0.05) is 27.4 Å². The maximum atomic E-state index is 7.12. The first kappa shape index (κ1) is 39.2. The van der Waals surface area contributed by atoms with Crippen molar-refractivity contribution in [3.63, 3.8) is 0 Å². The molecule has 2 nitrogen and oxygen atoms in total. The van der Waals surface area contributed by atoms with Crippen LogP contribution in [0.15, 0.2) is 180 Å². The van der Waals surface area contributed by atoms with E-state index in [4.69, 9.17) is 4.42 Å². The SMILES string of the molecule is CC(C)(C)c1ccc2c(c1)C1(c3cc(C(C)(C)C)ccc3-2)c2ccccc2-c2c(N(c3ccc4c(c3)C(C)(C)c3ccccc3-4)c3cccc4c3oc3ccc5ccccc5c34)cccc21. The zero-order valence-corrected chi connectivity index (χ0v) is 39.1. The molecule has 0 fully saturated rings. The molecule has 0 saturated heterocycles. The molecule has 10 aromatic rings. The van der Waals surface area contributed by atoms with Gasteiger partial charge in [-0.15, -0.1) is 0 Å². The number of hydrogen-bond donors (Lipinski definition) is 0. The van der Waals surface area contributed by atoms with Gasteiger partial charge in [0.05, 0.1) is 16.8 Å². The quantitative estimate of drug-likeness (QED) is 0.176. The summed E-state index contributed by atoms with van der Waals surface area (Å²) in [5, 5.41) is 4.68. The summed E-state index contributed by atoms with van der Waals surface area (Å²) in [6, 6.07) is 66.9. The molecule has 3 aliphatic carbocycles. The Bertz CT molecular complexity index is 3650. The number of nitrogens with zero attached hydrogens (tertiary/aromatic N) is 1. The van der Waals surface area contributed by atoms with Crippen LogP contribution in [-0.4, -0.2) is 0 Å². The smallest absolute Gasteiger partial charge is 0.159 e. The minimum atomic E-state index is -0.535. The summed E-state index contributed by atoms with van der Waals surface area (Å²) in [4.78, 5) is 2.52. The van der Waals surface area contributed by atoms with Crippen LogP contribution in [-0.2, 0) is 21.7 Å². The zero-order chi connectivity index (χ0) is 45.1. The molecule has 9 aromatic carbocycles. The lowest BCUT2D eigenvalue weighted by atomic mass is 9.69. The van der Waals surface area contributed by atoms with Crippen LogP contribution in [0.3, 0.4) is 0 Å². The van der Waals surface area contributed by atoms with Gasteiger partial charge >= 0.3 is 0 Å². The Morgan fingerprint density at radius 3 is 1.71 bits per heavy atom. The van der Waals surface area contributed by atoms with Crippen LogP contribution in [0.4, 0.5) is 17.1 Å². The molecule has 0 N–H and O–H groups in total. The molecular weight excluding hydrogens is 799 g/mol. The van der Waals surface area contributed by atoms with Crippen molar-refractivity contribution in [3.8, 4) is 33.4 Å². The van der Waals surface area contributed by atoms with Crippen LogP contribution < -0.4 is 4.90 Å². The fourth-order valence-corrected chi connectivity index (χ4v) is 12.3. The predicted octanol–water partition coefficient (Wildman–Crippen LogP) is 17.5. The van der Waals surface area contributed by atoms with Crippen molar-refractivity contribution in [2.75, 3.05) is 4.90 Å². The van der Waals surface area contributed by atoms with E-state index in [0.717, 1.165) is 39.0 Å². The van der Waals surface area contributed by atoms with Gasteiger partial charge in [-0.2, -0.15) is 0 Å². The van der Waals surface area contributed by atoms with Crippen molar-refractivity contribution in [3.05, 3.63) is 220 Å². The molecule has 0 aliphatic heterocycles. The van der Waals surface area contributed by atoms with E-state index < -0.39 is 5.41 Å². The third kappa shape index (κ3) is 5.13. The summed E-state index contributed by atoms with van der Waals surface area (Å²) in [6.07, 6.45) is 0. The Labute approximate surface area is 388 Å². The number of fused-ring (bicyclic) bond motifs is 18. The Kier molecular flexibility index (Phi) is 7.86. The van der Waals surface area contributed by atoms with Gasteiger partial charge in [-0.25, -0.2) is 0 Å². The minimum Gasteiger partial charge on any atom is -0.454 e. The number of benzene rings is 9. The van der Waals surface area contributed by atoms with Crippen molar-refractivity contribution in [2.45, 2.75) is 77.0 Å². The van der Waals surface area contributed by atoms with Crippen LogP contribution in [0.5, 0.6) is 0 Å². The summed E-state index contributed by atoms with van der Waals surface area (Å²) < 4.78 is 7.12. The molecule has 66 heavy (non-hydrogen) atoms. The highest BCUT2D eigenvalue weighted by molar-refractivity contribution is 6.21. The Morgan fingerprint density at radius 2 is 0.985 bits per heavy atom. The largest absolute Gasteiger partial charge is 0.454 e. The highest BCUT2D eigenvalue weighted by Gasteiger charge is 2.53. The van der Waals surface area contributed by atoms with E-state index in [1.54, 1.807) is 0 Å². The van der Waals surface area contributed by atoms with Gasteiger partial charge in [0.1, 0.15) is 5.58 Å². The molecule has 0 bridgehead atoms.